The van der Waals surface area contributed by atoms with Gasteiger partial charge in [0.2, 0.25) is 5.76 Å². The fraction of sp³-hybridized carbons (Fsp3) is 0.0435. The minimum absolute atomic E-state index is 0.0497. The standard InChI is InChI=1S/C23H13Cl2NO3/c24-14-10-8-13(9-11-14)20-19-21(27)17-6-1-2-7-18(17)29-22(19)23(28)26(20)16-5-3-4-15(25)12-16/h1-12,20H. The third-order valence-corrected chi connectivity index (χ3v) is 5.54. The Hall–Kier alpha value is -3.08. The fourth-order valence-corrected chi connectivity index (χ4v) is 4.08. The van der Waals surface area contributed by atoms with Crippen LogP contribution < -0.4 is 10.3 Å². The SMILES string of the molecule is O=C1c2oc3ccccc3c(=O)c2C(c2ccc(Cl)cc2)N1c1cccc(Cl)c1. The molecule has 0 fully saturated rings. The molecule has 142 valence electrons. The van der Waals surface area contributed by atoms with Gasteiger partial charge >= 0.3 is 0 Å². The van der Waals surface area contributed by atoms with Crippen LogP contribution >= 0.6 is 23.2 Å². The van der Waals surface area contributed by atoms with E-state index >= 15 is 0 Å². The average molecular weight is 422 g/mol. The Balaban J connectivity index is 1.82. The summed E-state index contributed by atoms with van der Waals surface area (Å²) in [6.45, 7) is 0. The number of benzene rings is 3. The van der Waals surface area contributed by atoms with E-state index in [1.165, 1.54) is 0 Å². The normalized spacial score (nSPS) is 15.7. The van der Waals surface area contributed by atoms with Crippen LogP contribution in [0.25, 0.3) is 11.0 Å². The van der Waals surface area contributed by atoms with Crippen LogP contribution in [-0.2, 0) is 0 Å². The molecular formula is C23H13Cl2NO3. The highest BCUT2D eigenvalue weighted by Crippen LogP contribution is 2.41. The number of rotatable bonds is 2. The van der Waals surface area contributed by atoms with Crippen LogP contribution in [-0.4, -0.2) is 5.91 Å². The average Bonchev–Trinajstić information content (AvgIpc) is 3.02. The van der Waals surface area contributed by atoms with E-state index < -0.39 is 6.04 Å². The molecule has 0 bridgehead atoms. The van der Waals surface area contributed by atoms with E-state index in [1.807, 2.05) is 12.1 Å². The maximum absolute atomic E-state index is 13.4. The van der Waals surface area contributed by atoms with Crippen molar-refractivity contribution in [3.8, 4) is 0 Å². The molecule has 3 aromatic carbocycles. The van der Waals surface area contributed by atoms with Crippen LogP contribution in [0.1, 0.15) is 27.7 Å². The van der Waals surface area contributed by atoms with Crippen LogP contribution in [0.2, 0.25) is 10.0 Å². The number of nitrogens with zero attached hydrogens (tertiary/aromatic N) is 1. The highest BCUT2D eigenvalue weighted by Gasteiger charge is 2.43. The molecule has 0 N–H and O–H groups in total. The highest BCUT2D eigenvalue weighted by atomic mass is 35.5. The minimum atomic E-state index is -0.644. The summed E-state index contributed by atoms with van der Waals surface area (Å²) in [5, 5.41) is 1.50. The van der Waals surface area contributed by atoms with Crippen molar-refractivity contribution >= 4 is 45.8 Å². The monoisotopic (exact) mass is 421 g/mol. The summed E-state index contributed by atoms with van der Waals surface area (Å²) in [6, 6.07) is 20.3. The molecule has 1 aliphatic heterocycles. The number of hydrogen-bond acceptors (Lipinski definition) is 3. The molecule has 0 spiro atoms. The van der Waals surface area contributed by atoms with Crippen LogP contribution in [0.4, 0.5) is 5.69 Å². The Morgan fingerprint density at radius 3 is 2.34 bits per heavy atom. The molecule has 1 amide bonds. The lowest BCUT2D eigenvalue weighted by molar-refractivity contribution is 0.0971. The summed E-state index contributed by atoms with van der Waals surface area (Å²) < 4.78 is 5.90. The van der Waals surface area contributed by atoms with Crippen molar-refractivity contribution in [1.29, 1.82) is 0 Å². The number of carbonyl (C=O) groups is 1. The number of fused-ring (bicyclic) bond motifs is 2. The van der Waals surface area contributed by atoms with Crippen molar-refractivity contribution in [3.63, 3.8) is 0 Å². The number of hydrogen-bond donors (Lipinski definition) is 0. The van der Waals surface area contributed by atoms with Gasteiger partial charge in [0.25, 0.3) is 5.91 Å². The number of carbonyl (C=O) groups excluding carboxylic acids is 1. The first-order valence-corrected chi connectivity index (χ1v) is 9.70. The molecule has 6 heteroatoms. The molecule has 5 rings (SSSR count). The van der Waals surface area contributed by atoms with Gasteiger partial charge < -0.3 is 4.42 Å². The van der Waals surface area contributed by atoms with E-state index in [-0.39, 0.29) is 17.1 Å². The van der Waals surface area contributed by atoms with Crippen LogP contribution in [0.15, 0.2) is 82.0 Å². The molecule has 1 unspecified atom stereocenters. The van der Waals surface area contributed by atoms with Crippen molar-refractivity contribution in [1.82, 2.24) is 0 Å². The van der Waals surface area contributed by atoms with Crippen molar-refractivity contribution in [2.75, 3.05) is 4.90 Å². The molecule has 0 aliphatic carbocycles. The van der Waals surface area contributed by atoms with Gasteiger partial charge in [0, 0.05) is 15.7 Å². The molecule has 4 aromatic rings. The Bertz CT molecular complexity index is 1330. The van der Waals surface area contributed by atoms with Gasteiger partial charge in [-0.2, -0.15) is 0 Å². The van der Waals surface area contributed by atoms with E-state index in [0.717, 1.165) is 5.56 Å². The van der Waals surface area contributed by atoms with Gasteiger partial charge in [-0.3, -0.25) is 14.5 Å². The predicted molar refractivity (Wildman–Crippen MR) is 114 cm³/mol. The van der Waals surface area contributed by atoms with Gasteiger partial charge in [0.05, 0.1) is 17.0 Å². The zero-order valence-corrected chi connectivity index (χ0v) is 16.4. The van der Waals surface area contributed by atoms with E-state index in [2.05, 4.69) is 0 Å². The first-order chi connectivity index (χ1) is 14.0. The van der Waals surface area contributed by atoms with Crippen molar-refractivity contribution < 1.29 is 9.21 Å². The van der Waals surface area contributed by atoms with Gasteiger partial charge in [-0.25, -0.2) is 0 Å². The minimum Gasteiger partial charge on any atom is -0.450 e. The van der Waals surface area contributed by atoms with Crippen LogP contribution in [0.3, 0.4) is 0 Å². The summed E-state index contributed by atoms with van der Waals surface area (Å²) in [5.74, 6) is -0.335. The third kappa shape index (κ3) is 2.84. The van der Waals surface area contributed by atoms with E-state index in [4.69, 9.17) is 27.6 Å². The molecule has 1 atom stereocenters. The van der Waals surface area contributed by atoms with E-state index in [1.54, 1.807) is 65.6 Å². The summed E-state index contributed by atoms with van der Waals surface area (Å²) in [5.41, 5.74) is 1.81. The Morgan fingerprint density at radius 1 is 0.828 bits per heavy atom. The summed E-state index contributed by atoms with van der Waals surface area (Å²) >= 11 is 12.2. The lowest BCUT2D eigenvalue weighted by Crippen LogP contribution is -2.29. The number of anilines is 1. The molecule has 29 heavy (non-hydrogen) atoms. The number of halogens is 2. The molecule has 0 saturated carbocycles. The zero-order valence-electron chi connectivity index (χ0n) is 14.9. The molecule has 1 aliphatic rings. The van der Waals surface area contributed by atoms with Crippen molar-refractivity contribution in [3.05, 3.63) is 110 Å². The van der Waals surface area contributed by atoms with Gasteiger partial charge in [-0.15, -0.1) is 0 Å². The predicted octanol–water partition coefficient (Wildman–Crippen LogP) is 5.85. The maximum atomic E-state index is 13.4. The summed E-state index contributed by atoms with van der Waals surface area (Å²) in [7, 11) is 0. The molecule has 2 heterocycles. The highest BCUT2D eigenvalue weighted by molar-refractivity contribution is 6.31. The van der Waals surface area contributed by atoms with Gasteiger partial charge in [-0.05, 0) is 48.0 Å². The summed E-state index contributed by atoms with van der Waals surface area (Å²) in [6.07, 6.45) is 0. The van der Waals surface area contributed by atoms with E-state index in [0.29, 0.717) is 32.3 Å². The fourth-order valence-electron chi connectivity index (χ4n) is 3.77. The van der Waals surface area contributed by atoms with E-state index in [9.17, 15) is 9.59 Å². The van der Waals surface area contributed by atoms with Crippen LogP contribution in [0, 0.1) is 0 Å². The maximum Gasteiger partial charge on any atom is 0.295 e. The Morgan fingerprint density at radius 2 is 1.59 bits per heavy atom. The molecular weight excluding hydrogens is 409 g/mol. The topological polar surface area (TPSA) is 50.5 Å². The third-order valence-electron chi connectivity index (χ3n) is 5.05. The summed E-state index contributed by atoms with van der Waals surface area (Å²) in [4.78, 5) is 28.3. The smallest absolute Gasteiger partial charge is 0.295 e. The number of amides is 1. The quantitative estimate of drug-likeness (QED) is 0.407. The second-order valence-electron chi connectivity index (χ2n) is 6.78. The second-order valence-corrected chi connectivity index (χ2v) is 7.65. The van der Waals surface area contributed by atoms with Gasteiger partial charge in [0.15, 0.2) is 5.43 Å². The Kier molecular flexibility index (Phi) is 4.19. The van der Waals surface area contributed by atoms with Gasteiger partial charge in [0.1, 0.15) is 5.58 Å². The zero-order chi connectivity index (χ0) is 20.1. The lowest BCUT2D eigenvalue weighted by atomic mass is 9.98. The number of para-hydroxylation sites is 1. The first-order valence-electron chi connectivity index (χ1n) is 8.95. The largest absolute Gasteiger partial charge is 0.450 e. The van der Waals surface area contributed by atoms with Gasteiger partial charge in [-0.1, -0.05) is 53.5 Å². The Labute approximate surface area is 175 Å². The molecule has 0 saturated heterocycles. The van der Waals surface area contributed by atoms with Crippen molar-refractivity contribution in [2.24, 2.45) is 0 Å². The first kappa shape index (κ1) is 18.0. The van der Waals surface area contributed by atoms with Crippen molar-refractivity contribution in [2.45, 2.75) is 6.04 Å². The second kappa shape index (κ2) is 6.76. The lowest BCUT2D eigenvalue weighted by Gasteiger charge is -2.25. The molecule has 1 aromatic heterocycles. The van der Waals surface area contributed by atoms with Crippen LogP contribution in [0.5, 0.6) is 0 Å². The molecule has 0 radical (unpaired) electrons. The molecule has 4 nitrogen and oxygen atoms in total.